The molecule has 4 rings (SSSR count). The average Bonchev–Trinajstić information content (AvgIpc) is 3.13. The molecule has 0 aliphatic heterocycles. The van der Waals surface area contributed by atoms with Crippen LogP contribution in [0.1, 0.15) is 5.56 Å². The van der Waals surface area contributed by atoms with Crippen LogP contribution in [0, 0.1) is 6.92 Å². The van der Waals surface area contributed by atoms with Gasteiger partial charge in [0, 0.05) is 5.56 Å². The molecule has 0 bridgehead atoms. The Kier molecular flexibility index (Phi) is 3.67. The van der Waals surface area contributed by atoms with Crippen LogP contribution in [0.4, 0.5) is 0 Å². The van der Waals surface area contributed by atoms with Crippen molar-refractivity contribution in [3.8, 4) is 28.1 Å². The first-order chi connectivity index (χ1) is 11.8. The standard InChI is InChI=1S/C21H17N3/c1-16-7-5-6-10-21(16)24-22-15-20(23-24)19-13-11-18(12-14-19)17-8-3-2-4-9-17/h2-15H,1H3. The van der Waals surface area contributed by atoms with E-state index in [0.29, 0.717) is 0 Å². The van der Waals surface area contributed by atoms with E-state index in [1.807, 2.05) is 30.5 Å². The monoisotopic (exact) mass is 311 g/mol. The van der Waals surface area contributed by atoms with Gasteiger partial charge in [0.25, 0.3) is 0 Å². The van der Waals surface area contributed by atoms with E-state index in [0.717, 1.165) is 22.5 Å². The van der Waals surface area contributed by atoms with Crippen molar-refractivity contribution >= 4 is 0 Å². The third-order valence-electron chi connectivity index (χ3n) is 4.11. The summed E-state index contributed by atoms with van der Waals surface area (Å²) in [6, 6.07) is 26.9. The molecule has 0 fully saturated rings. The molecule has 3 aromatic carbocycles. The van der Waals surface area contributed by atoms with Crippen molar-refractivity contribution in [1.29, 1.82) is 0 Å². The molecule has 4 aromatic rings. The minimum absolute atomic E-state index is 0.873. The fourth-order valence-electron chi connectivity index (χ4n) is 2.76. The summed E-state index contributed by atoms with van der Waals surface area (Å²) in [5.74, 6) is 0. The van der Waals surface area contributed by atoms with Crippen molar-refractivity contribution < 1.29 is 0 Å². The molecule has 0 saturated carbocycles. The summed E-state index contributed by atoms with van der Waals surface area (Å²) < 4.78 is 0. The van der Waals surface area contributed by atoms with Crippen molar-refractivity contribution in [3.05, 3.63) is 90.6 Å². The third-order valence-corrected chi connectivity index (χ3v) is 4.11. The largest absolute Gasteiger partial charge is 0.156 e. The Hall–Kier alpha value is -3.20. The minimum atomic E-state index is 0.873. The molecule has 1 heterocycles. The Bertz CT molecular complexity index is 954. The molecule has 3 nitrogen and oxygen atoms in total. The van der Waals surface area contributed by atoms with Crippen molar-refractivity contribution in [2.24, 2.45) is 0 Å². The highest BCUT2D eigenvalue weighted by Crippen LogP contribution is 2.24. The maximum absolute atomic E-state index is 4.62. The molecule has 0 aliphatic carbocycles. The van der Waals surface area contributed by atoms with Gasteiger partial charge in [0.2, 0.25) is 0 Å². The number of aryl methyl sites for hydroxylation is 1. The molecule has 0 aliphatic rings. The van der Waals surface area contributed by atoms with Crippen molar-refractivity contribution in [3.63, 3.8) is 0 Å². The van der Waals surface area contributed by atoms with Gasteiger partial charge in [-0.3, -0.25) is 0 Å². The fraction of sp³-hybridized carbons (Fsp3) is 0.0476. The molecule has 0 N–H and O–H groups in total. The summed E-state index contributed by atoms with van der Waals surface area (Å²) >= 11 is 0. The molecule has 0 spiro atoms. The zero-order valence-electron chi connectivity index (χ0n) is 13.4. The minimum Gasteiger partial charge on any atom is -0.156 e. The van der Waals surface area contributed by atoms with Crippen LogP contribution in [0.15, 0.2) is 85.1 Å². The summed E-state index contributed by atoms with van der Waals surface area (Å²) in [7, 11) is 0. The van der Waals surface area contributed by atoms with Crippen molar-refractivity contribution in [2.75, 3.05) is 0 Å². The normalized spacial score (nSPS) is 10.7. The van der Waals surface area contributed by atoms with E-state index >= 15 is 0 Å². The highest BCUT2D eigenvalue weighted by Gasteiger charge is 2.07. The highest BCUT2D eigenvalue weighted by atomic mass is 15.5. The molecule has 0 saturated heterocycles. The van der Waals surface area contributed by atoms with E-state index < -0.39 is 0 Å². The van der Waals surface area contributed by atoms with Gasteiger partial charge in [-0.15, -0.1) is 5.10 Å². The molecule has 1 aromatic heterocycles. The Morgan fingerprint density at radius 2 is 1.29 bits per heavy atom. The predicted molar refractivity (Wildman–Crippen MR) is 97.0 cm³/mol. The first-order valence-electron chi connectivity index (χ1n) is 7.95. The SMILES string of the molecule is Cc1ccccc1-n1ncc(-c2ccc(-c3ccccc3)cc2)n1. The van der Waals surface area contributed by atoms with Crippen LogP contribution in [0.25, 0.3) is 28.1 Å². The van der Waals surface area contributed by atoms with Crippen LogP contribution in [0.5, 0.6) is 0 Å². The predicted octanol–water partition coefficient (Wildman–Crippen LogP) is 4.91. The number of para-hydroxylation sites is 1. The van der Waals surface area contributed by atoms with Gasteiger partial charge >= 0.3 is 0 Å². The second-order valence-electron chi connectivity index (χ2n) is 5.75. The molecular weight excluding hydrogens is 294 g/mol. The third kappa shape index (κ3) is 2.72. The Balaban J connectivity index is 1.65. The smallest absolute Gasteiger partial charge is 0.113 e. The molecule has 0 amide bonds. The van der Waals surface area contributed by atoms with Gasteiger partial charge in [-0.2, -0.15) is 9.90 Å². The molecule has 0 unspecified atom stereocenters. The quantitative estimate of drug-likeness (QED) is 0.538. The van der Waals surface area contributed by atoms with E-state index in [-0.39, 0.29) is 0 Å². The molecule has 24 heavy (non-hydrogen) atoms. The van der Waals surface area contributed by atoms with Gasteiger partial charge in [-0.1, -0.05) is 72.8 Å². The van der Waals surface area contributed by atoms with Crippen LogP contribution in [0.3, 0.4) is 0 Å². The van der Waals surface area contributed by atoms with Gasteiger partial charge in [0.15, 0.2) is 0 Å². The van der Waals surface area contributed by atoms with Crippen molar-refractivity contribution in [2.45, 2.75) is 6.92 Å². The van der Waals surface area contributed by atoms with Crippen LogP contribution in [-0.2, 0) is 0 Å². The molecule has 0 atom stereocenters. The summed E-state index contributed by atoms with van der Waals surface area (Å²) in [6.07, 6.45) is 1.81. The van der Waals surface area contributed by atoms with Crippen LogP contribution < -0.4 is 0 Å². The molecule has 116 valence electrons. The number of hydrogen-bond acceptors (Lipinski definition) is 2. The average molecular weight is 311 g/mol. The Labute approximate surface area is 141 Å². The van der Waals surface area contributed by atoms with Crippen molar-refractivity contribution in [1.82, 2.24) is 15.0 Å². The number of benzene rings is 3. The van der Waals surface area contributed by atoms with Gasteiger partial charge < -0.3 is 0 Å². The lowest BCUT2D eigenvalue weighted by molar-refractivity contribution is 0.749. The van der Waals surface area contributed by atoms with Crippen LogP contribution in [-0.4, -0.2) is 15.0 Å². The maximum Gasteiger partial charge on any atom is 0.113 e. The number of hydrogen-bond donors (Lipinski definition) is 0. The van der Waals surface area contributed by atoms with Gasteiger partial charge in [-0.05, 0) is 29.7 Å². The lowest BCUT2D eigenvalue weighted by Gasteiger charge is -2.04. The Morgan fingerprint density at radius 3 is 2.04 bits per heavy atom. The highest BCUT2D eigenvalue weighted by molar-refractivity contribution is 5.68. The van der Waals surface area contributed by atoms with Gasteiger partial charge in [0.05, 0.1) is 11.9 Å². The summed E-state index contributed by atoms with van der Waals surface area (Å²) in [5.41, 5.74) is 6.51. The van der Waals surface area contributed by atoms with E-state index in [2.05, 4.69) is 71.7 Å². The summed E-state index contributed by atoms with van der Waals surface area (Å²) in [4.78, 5) is 1.69. The molecule has 3 heteroatoms. The Morgan fingerprint density at radius 1 is 0.667 bits per heavy atom. The lowest BCUT2D eigenvalue weighted by Crippen LogP contribution is -2.00. The van der Waals surface area contributed by atoms with Gasteiger partial charge in [0.1, 0.15) is 5.69 Å². The number of rotatable bonds is 3. The topological polar surface area (TPSA) is 30.7 Å². The second kappa shape index (κ2) is 6.13. The number of nitrogens with zero attached hydrogens (tertiary/aromatic N) is 3. The zero-order chi connectivity index (χ0) is 16.4. The first-order valence-corrected chi connectivity index (χ1v) is 7.95. The lowest BCUT2D eigenvalue weighted by atomic mass is 10.0. The van der Waals surface area contributed by atoms with Crippen LogP contribution in [0.2, 0.25) is 0 Å². The molecular formula is C21H17N3. The van der Waals surface area contributed by atoms with E-state index in [1.54, 1.807) is 4.80 Å². The first kappa shape index (κ1) is 14.4. The summed E-state index contributed by atoms with van der Waals surface area (Å²) in [6.45, 7) is 2.06. The fourth-order valence-corrected chi connectivity index (χ4v) is 2.76. The van der Waals surface area contributed by atoms with E-state index in [1.165, 1.54) is 11.1 Å². The van der Waals surface area contributed by atoms with E-state index in [9.17, 15) is 0 Å². The summed E-state index contributed by atoms with van der Waals surface area (Å²) in [5, 5.41) is 9.03. The van der Waals surface area contributed by atoms with Crippen LogP contribution >= 0.6 is 0 Å². The zero-order valence-corrected chi connectivity index (χ0v) is 13.4. The van der Waals surface area contributed by atoms with E-state index in [4.69, 9.17) is 0 Å². The second-order valence-corrected chi connectivity index (χ2v) is 5.75. The maximum atomic E-state index is 4.62. The number of aromatic nitrogens is 3. The van der Waals surface area contributed by atoms with Gasteiger partial charge in [-0.25, -0.2) is 0 Å². The molecule has 0 radical (unpaired) electrons.